The summed E-state index contributed by atoms with van der Waals surface area (Å²) in [5.41, 5.74) is 0.481. The molecule has 3 heteroatoms. The second-order valence-electron chi connectivity index (χ2n) is 6.36. The van der Waals surface area contributed by atoms with E-state index in [0.717, 1.165) is 18.8 Å². The predicted molar refractivity (Wildman–Crippen MR) is 83.1 cm³/mol. The summed E-state index contributed by atoms with van der Waals surface area (Å²) >= 11 is 0. The molecule has 0 radical (unpaired) electrons. The Bertz CT molecular complexity index is 439. The smallest absolute Gasteiger partial charge is 0.128 e. The lowest BCUT2D eigenvalue weighted by Gasteiger charge is -2.34. The fraction of sp³-hybridized carbons (Fsp3) is 0.667. The first-order valence-corrected chi connectivity index (χ1v) is 8.28. The van der Waals surface area contributed by atoms with Crippen LogP contribution in [0.1, 0.15) is 63.5 Å². The molecule has 1 unspecified atom stereocenters. The Morgan fingerprint density at radius 2 is 1.90 bits per heavy atom. The van der Waals surface area contributed by atoms with E-state index in [1.54, 1.807) is 0 Å². The first-order chi connectivity index (χ1) is 10.2. The number of rotatable bonds is 6. The standard InChI is InChI=1S/C18H27F2N/c1-3-4-5-13-6-8-14(9-7-13)18(21-2)16-12-15(19)10-11-17(16)20/h10-14,18,21H,3-9H2,1-2H3. The van der Waals surface area contributed by atoms with E-state index >= 15 is 0 Å². The van der Waals surface area contributed by atoms with E-state index in [1.165, 1.54) is 50.3 Å². The minimum atomic E-state index is -0.358. The van der Waals surface area contributed by atoms with Gasteiger partial charge >= 0.3 is 0 Å². The van der Waals surface area contributed by atoms with Crippen LogP contribution in [0.25, 0.3) is 0 Å². The van der Waals surface area contributed by atoms with E-state index in [-0.39, 0.29) is 17.7 Å². The summed E-state index contributed by atoms with van der Waals surface area (Å²) < 4.78 is 27.4. The SMILES string of the molecule is CCCCC1CCC(C(NC)c2cc(F)ccc2F)CC1. The molecule has 0 saturated heterocycles. The third-order valence-corrected chi connectivity index (χ3v) is 4.93. The number of benzene rings is 1. The van der Waals surface area contributed by atoms with Crippen LogP contribution in [-0.2, 0) is 0 Å². The van der Waals surface area contributed by atoms with Gasteiger partial charge in [-0.05, 0) is 49.9 Å². The van der Waals surface area contributed by atoms with E-state index in [4.69, 9.17) is 0 Å². The largest absolute Gasteiger partial charge is 0.313 e. The highest BCUT2D eigenvalue weighted by molar-refractivity contribution is 5.23. The van der Waals surface area contributed by atoms with Crippen molar-refractivity contribution in [3.05, 3.63) is 35.4 Å². The maximum atomic E-state index is 14.0. The van der Waals surface area contributed by atoms with Crippen LogP contribution in [0.5, 0.6) is 0 Å². The normalized spacial score (nSPS) is 24.0. The van der Waals surface area contributed by atoms with E-state index in [0.29, 0.717) is 11.5 Å². The molecule has 0 aromatic heterocycles. The molecule has 1 fully saturated rings. The zero-order valence-corrected chi connectivity index (χ0v) is 13.2. The van der Waals surface area contributed by atoms with Crippen molar-refractivity contribution in [3.8, 4) is 0 Å². The van der Waals surface area contributed by atoms with Gasteiger partial charge in [-0.25, -0.2) is 8.78 Å². The molecule has 0 heterocycles. The molecule has 118 valence electrons. The zero-order chi connectivity index (χ0) is 15.2. The fourth-order valence-corrected chi connectivity index (χ4v) is 3.70. The topological polar surface area (TPSA) is 12.0 Å². The highest BCUT2D eigenvalue weighted by Gasteiger charge is 2.29. The van der Waals surface area contributed by atoms with Gasteiger partial charge in [0.1, 0.15) is 11.6 Å². The molecule has 1 aromatic rings. The van der Waals surface area contributed by atoms with Crippen LogP contribution in [0.3, 0.4) is 0 Å². The van der Waals surface area contributed by atoms with Crippen LogP contribution in [0.2, 0.25) is 0 Å². The van der Waals surface area contributed by atoms with Gasteiger partial charge in [0.2, 0.25) is 0 Å². The second-order valence-corrected chi connectivity index (χ2v) is 6.36. The molecule has 1 saturated carbocycles. The molecule has 0 aliphatic heterocycles. The van der Waals surface area contributed by atoms with Crippen LogP contribution < -0.4 is 5.32 Å². The van der Waals surface area contributed by atoms with Crippen molar-refractivity contribution in [3.63, 3.8) is 0 Å². The van der Waals surface area contributed by atoms with Gasteiger partial charge < -0.3 is 5.32 Å². The Kier molecular flexibility index (Phi) is 6.16. The van der Waals surface area contributed by atoms with Crippen molar-refractivity contribution in [2.75, 3.05) is 7.05 Å². The average molecular weight is 295 g/mol. The Hall–Kier alpha value is -0.960. The third-order valence-electron chi connectivity index (χ3n) is 4.93. The average Bonchev–Trinajstić information content (AvgIpc) is 2.50. The molecule has 21 heavy (non-hydrogen) atoms. The lowest BCUT2D eigenvalue weighted by Crippen LogP contribution is -2.29. The summed E-state index contributed by atoms with van der Waals surface area (Å²) in [6.45, 7) is 2.23. The summed E-state index contributed by atoms with van der Waals surface area (Å²) in [5, 5.41) is 3.21. The minimum absolute atomic E-state index is 0.0761. The highest BCUT2D eigenvalue weighted by atomic mass is 19.1. The van der Waals surface area contributed by atoms with Crippen molar-refractivity contribution in [1.82, 2.24) is 5.32 Å². The van der Waals surface area contributed by atoms with Crippen LogP contribution in [0.4, 0.5) is 8.78 Å². The van der Waals surface area contributed by atoms with Gasteiger partial charge in [-0.3, -0.25) is 0 Å². The van der Waals surface area contributed by atoms with Gasteiger partial charge in [0.25, 0.3) is 0 Å². The van der Waals surface area contributed by atoms with Gasteiger partial charge in [0.05, 0.1) is 0 Å². The van der Waals surface area contributed by atoms with E-state index in [9.17, 15) is 8.78 Å². The van der Waals surface area contributed by atoms with Gasteiger partial charge in [-0.1, -0.05) is 39.0 Å². The first kappa shape index (κ1) is 16.4. The van der Waals surface area contributed by atoms with E-state index < -0.39 is 0 Å². The van der Waals surface area contributed by atoms with Gasteiger partial charge in [0, 0.05) is 11.6 Å². The Balaban J connectivity index is 2.01. The van der Waals surface area contributed by atoms with Crippen molar-refractivity contribution in [2.45, 2.75) is 57.9 Å². The maximum absolute atomic E-state index is 14.0. The summed E-state index contributed by atoms with van der Waals surface area (Å²) in [5.74, 6) is 0.576. The molecule has 1 aromatic carbocycles. The van der Waals surface area contributed by atoms with E-state index in [2.05, 4.69) is 12.2 Å². The molecule has 2 rings (SSSR count). The van der Waals surface area contributed by atoms with Gasteiger partial charge in [-0.2, -0.15) is 0 Å². The first-order valence-electron chi connectivity index (χ1n) is 8.28. The van der Waals surface area contributed by atoms with Crippen molar-refractivity contribution in [2.24, 2.45) is 11.8 Å². The van der Waals surface area contributed by atoms with E-state index in [1.807, 2.05) is 7.05 Å². The molecule has 1 aliphatic rings. The Labute approximate surface area is 127 Å². The summed E-state index contributed by atoms with van der Waals surface area (Å²) in [7, 11) is 1.85. The highest BCUT2D eigenvalue weighted by Crippen LogP contribution is 2.39. The molecular weight excluding hydrogens is 268 g/mol. The monoisotopic (exact) mass is 295 g/mol. The van der Waals surface area contributed by atoms with Crippen LogP contribution >= 0.6 is 0 Å². The van der Waals surface area contributed by atoms with Crippen molar-refractivity contribution in [1.29, 1.82) is 0 Å². The molecule has 1 atom stereocenters. The molecule has 1 nitrogen and oxygen atoms in total. The molecule has 0 bridgehead atoms. The molecule has 1 N–H and O–H groups in total. The van der Waals surface area contributed by atoms with Crippen molar-refractivity contribution < 1.29 is 8.78 Å². The Morgan fingerprint density at radius 3 is 2.52 bits per heavy atom. The lowest BCUT2D eigenvalue weighted by atomic mass is 9.75. The minimum Gasteiger partial charge on any atom is -0.313 e. The summed E-state index contributed by atoms with van der Waals surface area (Å²) in [6, 6.07) is 3.70. The second kappa shape index (κ2) is 7.88. The predicted octanol–water partition coefficient (Wildman–Crippen LogP) is 5.22. The molecular formula is C18H27F2N. The number of nitrogens with one attached hydrogen (secondary N) is 1. The fourth-order valence-electron chi connectivity index (χ4n) is 3.70. The number of hydrogen-bond donors (Lipinski definition) is 1. The van der Waals surface area contributed by atoms with Crippen molar-refractivity contribution >= 4 is 0 Å². The van der Waals surface area contributed by atoms with Crippen LogP contribution in [-0.4, -0.2) is 7.05 Å². The van der Waals surface area contributed by atoms with Gasteiger partial charge in [0.15, 0.2) is 0 Å². The van der Waals surface area contributed by atoms with Crippen LogP contribution in [0, 0.1) is 23.5 Å². The Morgan fingerprint density at radius 1 is 1.19 bits per heavy atom. The maximum Gasteiger partial charge on any atom is 0.128 e. The molecule has 0 amide bonds. The summed E-state index contributed by atoms with van der Waals surface area (Å²) in [4.78, 5) is 0. The molecule has 1 aliphatic carbocycles. The third kappa shape index (κ3) is 4.26. The van der Waals surface area contributed by atoms with Crippen LogP contribution in [0.15, 0.2) is 18.2 Å². The van der Waals surface area contributed by atoms with Gasteiger partial charge in [-0.15, -0.1) is 0 Å². The zero-order valence-electron chi connectivity index (χ0n) is 13.2. The lowest BCUT2D eigenvalue weighted by molar-refractivity contribution is 0.215. The quantitative estimate of drug-likeness (QED) is 0.758. The summed E-state index contributed by atoms with van der Waals surface area (Å²) in [6.07, 6.45) is 8.55. The molecule has 0 spiro atoms. The number of halogens is 2. The number of hydrogen-bond acceptors (Lipinski definition) is 1. The number of unbranched alkanes of at least 4 members (excludes halogenated alkanes) is 1.